The Kier molecular flexibility index (Phi) is 42.6. The van der Waals surface area contributed by atoms with Gasteiger partial charge in [-0.25, -0.2) is 4.79 Å². The average Bonchev–Trinajstić information content (AvgIpc) is 0.846. The van der Waals surface area contributed by atoms with Crippen LogP contribution < -0.4 is 110 Å². The fraction of sp³-hybridized carbons (Fsp3) is 0.746. The first-order chi connectivity index (χ1) is 47.8. The Balaban J connectivity index is 4.50. The molecule has 39 heteroatoms. The number of hydrogen-bond donors (Lipinski definition) is 21. The van der Waals surface area contributed by atoms with E-state index in [2.05, 4.69) is 78.5 Å². The van der Waals surface area contributed by atoms with Gasteiger partial charge in [-0.1, -0.05) is 118 Å². The average molecular weight is 1480 g/mol. The molecule has 1 aliphatic rings. The van der Waals surface area contributed by atoms with Gasteiger partial charge in [0.15, 0.2) is 23.8 Å². The Bertz CT molecular complexity index is 2890. The van der Waals surface area contributed by atoms with Crippen molar-refractivity contribution in [2.45, 2.75) is 226 Å². The summed E-state index contributed by atoms with van der Waals surface area (Å²) in [5, 5.41) is 40.0. The van der Waals surface area contributed by atoms with Crippen LogP contribution in [0.15, 0.2) is 20.0 Å². The first-order valence-corrected chi connectivity index (χ1v) is 37.0. The van der Waals surface area contributed by atoms with E-state index in [1.807, 2.05) is 0 Å². The summed E-state index contributed by atoms with van der Waals surface area (Å²) in [5.74, 6) is -16.2. The summed E-state index contributed by atoms with van der Waals surface area (Å²) >= 11 is 0. The minimum absolute atomic E-state index is 0.00318. The van der Waals surface area contributed by atoms with E-state index in [0.717, 1.165) is 21.6 Å². The number of nitrogens with two attached hydrogens (primary N) is 9. The summed E-state index contributed by atoms with van der Waals surface area (Å²) in [6.45, 7) is 20.3. The van der Waals surface area contributed by atoms with Crippen molar-refractivity contribution in [3.63, 3.8) is 0 Å². The van der Waals surface area contributed by atoms with Gasteiger partial charge in [-0.2, -0.15) is 0 Å². The number of aliphatic imine (C=N–C) groups is 4. The van der Waals surface area contributed by atoms with E-state index in [9.17, 15) is 57.8 Å². The Morgan fingerprint density at radius 3 is 1.24 bits per heavy atom. The van der Waals surface area contributed by atoms with Crippen molar-refractivity contribution in [2.75, 3.05) is 37.7 Å². The third-order valence-corrected chi connectivity index (χ3v) is 18.9. The van der Waals surface area contributed by atoms with Crippen molar-refractivity contribution in [3.05, 3.63) is 0 Å². The number of aliphatic carboxylic acids is 1. The Hall–Kier alpha value is -8.62. The van der Waals surface area contributed by atoms with E-state index in [4.69, 9.17) is 51.6 Å². The molecule has 1 rings (SSSR count). The highest BCUT2D eigenvalue weighted by Gasteiger charge is 2.40. The summed E-state index contributed by atoms with van der Waals surface area (Å²) in [6, 6.07) is -17.0. The molecule has 1 saturated heterocycles. The topological polar surface area (TPSA) is 641 Å². The number of carbonyl (C=O) groups excluding carboxylic acids is 11. The molecule has 1 aliphatic heterocycles. The molecule has 11 amide bonds. The lowest BCUT2D eigenvalue weighted by atomic mass is 9.94. The van der Waals surface area contributed by atoms with E-state index in [1.54, 1.807) is 83.1 Å². The van der Waals surface area contributed by atoms with Gasteiger partial charge in [0, 0.05) is 37.7 Å². The highest BCUT2D eigenvalue weighted by atomic mass is 33.1. The van der Waals surface area contributed by atoms with Crippen LogP contribution in [0.3, 0.4) is 0 Å². The molecule has 1 fully saturated rings. The van der Waals surface area contributed by atoms with Crippen LogP contribution in [0.25, 0.3) is 0 Å². The number of carboxylic acids is 1. The predicted octanol–water partition coefficient (Wildman–Crippen LogP) is -4.55. The highest BCUT2D eigenvalue weighted by molar-refractivity contribution is 8.76. The molecule has 14 atom stereocenters. The lowest BCUT2D eigenvalue weighted by Crippen LogP contribution is -2.63. The van der Waals surface area contributed by atoms with Gasteiger partial charge in [0.2, 0.25) is 65.0 Å². The monoisotopic (exact) mass is 1480 g/mol. The van der Waals surface area contributed by atoms with Gasteiger partial charge in [0.25, 0.3) is 0 Å². The molecule has 0 spiro atoms. The quantitative estimate of drug-likeness (QED) is 0.0131. The summed E-state index contributed by atoms with van der Waals surface area (Å²) in [5.41, 5.74) is 50.6. The number of rotatable bonds is 32. The Morgan fingerprint density at radius 2 is 0.824 bits per heavy atom. The SMILES string of the molecule is CC[C@H](C)[C@@H]1NC(=O)[C@H](CCCN=C(N)N)NC(=O)C(NC(=O)[C@H](CC(C)C)NC(=O)[C@@H](N)CCCN=C(N)N)CSSCC(C(=O)N[C@@H](CCCN=C(N)N)C(=O)O)NC(=O)[C@H](C(C)C)NC(=O)[C@H](CCCN=C(N)N)NC(=O)[C@H]([C@@H](C)CC)NC(=O)[C@H](C(C)C)NC(=O)C(C(C)C)NC1=O. The second-order valence-corrected chi connectivity index (χ2v) is 29.3. The maximum absolute atomic E-state index is 15.1. The standard InChI is InChI=1S/C63H118N24O13S2/c1-13-34(11)46-57(97)78-38(21-17-25-75-62(69)70)49(89)83-43(31(5)6)54(94)82-42(53(93)79-39(59(99)100)22-18-26-76-63(71)72)29-102-101-28-41(81-51(91)40(27-30(3)4)80-48(88)36(64)19-15-23-73-60(65)66)52(92)77-37(20-16-24-74-61(67)68)50(90)86-47(35(12)14-2)58(98)85-44(32(7)8)55(95)84-45(33(9)10)56(96)87-46/h30-47H,13-29,64H2,1-12H3,(H,77,92)(H,78,97)(H,79,93)(H,80,88)(H,81,91)(H,82,94)(H,83,89)(H,84,95)(H,85,98)(H,86,90)(H,87,96)(H,99,100)(H4,65,66,73)(H4,67,68,74)(H4,69,70,75)(H4,71,72,76)/t34-,35-,36-,37-,38-,39-,40-,41?,42?,43-,44?,45-,46-,47-/m0/s1. The molecule has 0 aliphatic carbocycles. The zero-order chi connectivity index (χ0) is 77.7. The number of hydrogen-bond acceptors (Lipinski definition) is 19. The molecule has 3 unspecified atom stereocenters. The van der Waals surface area contributed by atoms with Gasteiger partial charge < -0.3 is 115 Å². The molecule has 0 aromatic carbocycles. The largest absolute Gasteiger partial charge is 0.480 e. The van der Waals surface area contributed by atoms with Crippen molar-refractivity contribution in [3.8, 4) is 0 Å². The van der Waals surface area contributed by atoms with Gasteiger partial charge in [-0.3, -0.25) is 72.7 Å². The van der Waals surface area contributed by atoms with Crippen molar-refractivity contribution in [1.82, 2.24) is 58.5 Å². The van der Waals surface area contributed by atoms with Crippen molar-refractivity contribution >= 4 is 116 Å². The van der Waals surface area contributed by atoms with Gasteiger partial charge in [0.1, 0.15) is 66.5 Å². The van der Waals surface area contributed by atoms with E-state index in [0.29, 0.717) is 19.3 Å². The smallest absolute Gasteiger partial charge is 0.326 e. The van der Waals surface area contributed by atoms with Crippen LogP contribution >= 0.6 is 21.6 Å². The van der Waals surface area contributed by atoms with Gasteiger partial charge in [0.05, 0.1) is 6.04 Å². The molecule has 580 valence electrons. The van der Waals surface area contributed by atoms with E-state index < -0.39 is 179 Å². The number of carboxylic acid groups (broad SMARTS) is 1. The van der Waals surface area contributed by atoms with Gasteiger partial charge in [-0.15, -0.1) is 0 Å². The maximum atomic E-state index is 15.1. The van der Waals surface area contributed by atoms with Crippen molar-refractivity contribution < 1.29 is 62.6 Å². The summed E-state index contributed by atoms with van der Waals surface area (Å²) < 4.78 is 0. The Labute approximate surface area is 605 Å². The molecular weight excluding hydrogens is 1360 g/mol. The second-order valence-electron chi connectivity index (χ2n) is 26.7. The van der Waals surface area contributed by atoms with Crippen LogP contribution in [0.1, 0.15) is 154 Å². The minimum Gasteiger partial charge on any atom is -0.480 e. The van der Waals surface area contributed by atoms with Crippen LogP contribution in [0.2, 0.25) is 0 Å². The minimum atomic E-state index is -1.63. The number of nitrogens with one attached hydrogen (secondary N) is 11. The van der Waals surface area contributed by atoms with Crippen molar-refractivity contribution in [1.29, 1.82) is 0 Å². The first kappa shape index (κ1) is 91.4. The molecule has 0 saturated carbocycles. The fourth-order valence-electron chi connectivity index (χ4n) is 10.1. The van der Waals surface area contributed by atoms with Crippen LogP contribution in [0.4, 0.5) is 0 Å². The molecule has 102 heavy (non-hydrogen) atoms. The maximum Gasteiger partial charge on any atom is 0.326 e. The van der Waals surface area contributed by atoms with E-state index >= 15 is 4.79 Å². The predicted molar refractivity (Wildman–Crippen MR) is 394 cm³/mol. The number of amides is 11. The van der Waals surface area contributed by atoms with Crippen LogP contribution in [-0.2, 0) is 57.5 Å². The molecule has 1 heterocycles. The highest BCUT2D eigenvalue weighted by Crippen LogP contribution is 2.25. The van der Waals surface area contributed by atoms with E-state index in [1.165, 1.54) is 0 Å². The number of nitrogens with zero attached hydrogens (tertiary/aromatic N) is 4. The Morgan fingerprint density at radius 1 is 0.461 bits per heavy atom. The van der Waals surface area contributed by atoms with Gasteiger partial charge in [-0.05, 0) is 93.3 Å². The molecule has 0 aromatic heterocycles. The zero-order valence-electron chi connectivity index (χ0n) is 61.1. The molecule has 37 nitrogen and oxygen atoms in total. The van der Waals surface area contributed by atoms with Crippen LogP contribution in [-0.4, -0.2) is 210 Å². The third-order valence-electron chi connectivity index (χ3n) is 16.5. The molecule has 0 bridgehead atoms. The molecule has 0 radical (unpaired) electrons. The van der Waals surface area contributed by atoms with E-state index in [-0.39, 0.29) is 113 Å². The van der Waals surface area contributed by atoms with Gasteiger partial charge >= 0.3 is 5.97 Å². The second kappa shape index (κ2) is 47.5. The summed E-state index contributed by atoms with van der Waals surface area (Å²) in [6.07, 6.45) is 0.828. The zero-order valence-corrected chi connectivity index (χ0v) is 62.7. The third kappa shape index (κ3) is 34.8. The fourth-order valence-corrected chi connectivity index (χ4v) is 12.4. The summed E-state index contributed by atoms with van der Waals surface area (Å²) in [4.78, 5) is 189. The molecular formula is C63H118N24O13S2. The summed E-state index contributed by atoms with van der Waals surface area (Å²) in [7, 11) is 1.76. The number of guanidine groups is 4. The first-order valence-electron chi connectivity index (χ1n) is 34.5. The molecule has 0 aromatic rings. The number of carbonyl (C=O) groups is 12. The lowest BCUT2D eigenvalue weighted by Gasteiger charge is -2.32. The van der Waals surface area contributed by atoms with Crippen LogP contribution in [0, 0.1) is 35.5 Å². The normalized spacial score (nSPS) is 22.8. The molecule has 30 N–H and O–H groups in total. The van der Waals surface area contributed by atoms with Crippen molar-refractivity contribution in [2.24, 2.45) is 107 Å². The lowest BCUT2D eigenvalue weighted by molar-refractivity contribution is -0.142. The van der Waals surface area contributed by atoms with Crippen LogP contribution in [0.5, 0.6) is 0 Å².